The molecule has 28 heavy (non-hydrogen) atoms. The van der Waals surface area contributed by atoms with Gasteiger partial charge in [0.05, 0.1) is 17.1 Å². The largest absolute Gasteiger partial charge is 0.453 e. The molecule has 0 bridgehead atoms. The van der Waals surface area contributed by atoms with Crippen LogP contribution in [0.2, 0.25) is 0 Å². The molecule has 1 aromatic heterocycles. The second-order valence-corrected chi connectivity index (χ2v) is 7.95. The van der Waals surface area contributed by atoms with Crippen molar-refractivity contribution in [3.05, 3.63) is 11.4 Å². The van der Waals surface area contributed by atoms with Gasteiger partial charge in [0.25, 0.3) is 5.91 Å². The third-order valence-corrected chi connectivity index (χ3v) is 4.45. The maximum Gasteiger partial charge on any atom is 0.412 e. The van der Waals surface area contributed by atoms with Gasteiger partial charge in [-0.05, 0) is 60.5 Å². The molecule has 0 radical (unpaired) electrons. The summed E-state index contributed by atoms with van der Waals surface area (Å²) in [4.78, 5) is 34.6. The molecule has 9 heteroatoms. The summed E-state index contributed by atoms with van der Waals surface area (Å²) in [6, 6.07) is 0.332. The van der Waals surface area contributed by atoms with Crippen molar-refractivity contribution in [3.63, 3.8) is 0 Å². The van der Waals surface area contributed by atoms with Crippen molar-refractivity contribution in [2.24, 2.45) is 0 Å². The summed E-state index contributed by atoms with van der Waals surface area (Å²) in [5.74, 6) is -0.109. The molecule has 0 unspecified atom stereocenters. The zero-order chi connectivity index (χ0) is 20.9. The summed E-state index contributed by atoms with van der Waals surface area (Å²) in [7, 11) is 1.80. The summed E-state index contributed by atoms with van der Waals surface area (Å²) < 4.78 is 10.8. The normalized spacial score (nSPS) is 15.1. The average Bonchev–Trinajstić information content (AvgIpc) is 2.61. The highest BCUT2D eigenvalue weighted by Crippen LogP contribution is 2.21. The van der Waals surface area contributed by atoms with Crippen LogP contribution in [-0.4, -0.2) is 65.3 Å². The van der Waals surface area contributed by atoms with Gasteiger partial charge in [0, 0.05) is 13.1 Å². The monoisotopic (exact) mass is 393 g/mol. The molecule has 9 nitrogen and oxygen atoms in total. The highest BCUT2D eigenvalue weighted by molar-refractivity contribution is 5.86. The van der Waals surface area contributed by atoms with E-state index in [1.165, 1.54) is 0 Å². The zero-order valence-corrected chi connectivity index (χ0v) is 17.6. The van der Waals surface area contributed by atoms with Crippen molar-refractivity contribution < 1.29 is 19.1 Å². The highest BCUT2D eigenvalue weighted by atomic mass is 16.6. The van der Waals surface area contributed by atoms with E-state index in [-0.39, 0.29) is 24.6 Å². The molecule has 0 saturated carbocycles. The standard InChI is InChI=1S/C19H31N5O4/c1-12-16(23-18(26)28-19(3,4)5)13(2)22-17(21-12)27-11-15(25)24(6)14-7-9-20-10-8-14/h14,20H,7-11H2,1-6H3,(H,23,26). The van der Waals surface area contributed by atoms with E-state index in [0.717, 1.165) is 25.9 Å². The van der Waals surface area contributed by atoms with Crippen LogP contribution < -0.4 is 15.4 Å². The second kappa shape index (κ2) is 9.18. The van der Waals surface area contributed by atoms with Crippen molar-refractivity contribution in [2.75, 3.05) is 32.1 Å². The van der Waals surface area contributed by atoms with Gasteiger partial charge < -0.3 is 19.7 Å². The number of likely N-dealkylation sites (N-methyl/N-ethyl adjacent to an activating group) is 1. The van der Waals surface area contributed by atoms with E-state index >= 15 is 0 Å². The SMILES string of the molecule is Cc1nc(OCC(=O)N(C)C2CCNCC2)nc(C)c1NC(=O)OC(C)(C)C. The first-order valence-corrected chi connectivity index (χ1v) is 9.51. The fourth-order valence-electron chi connectivity index (χ4n) is 2.96. The summed E-state index contributed by atoms with van der Waals surface area (Å²) in [5, 5.41) is 5.95. The molecule has 1 fully saturated rings. The number of ether oxygens (including phenoxy) is 2. The van der Waals surface area contributed by atoms with Crippen LogP contribution in [0.5, 0.6) is 6.01 Å². The number of anilines is 1. The Morgan fingerprint density at radius 3 is 2.29 bits per heavy atom. The Bertz CT molecular complexity index is 688. The van der Waals surface area contributed by atoms with Crippen molar-refractivity contribution in [2.45, 2.75) is 59.1 Å². The van der Waals surface area contributed by atoms with Crippen LogP contribution in [-0.2, 0) is 9.53 Å². The Morgan fingerprint density at radius 2 is 1.75 bits per heavy atom. The maximum atomic E-state index is 12.4. The quantitative estimate of drug-likeness (QED) is 0.788. The Kier molecular flexibility index (Phi) is 7.17. The minimum atomic E-state index is -0.601. The van der Waals surface area contributed by atoms with Gasteiger partial charge >= 0.3 is 12.1 Å². The topological polar surface area (TPSA) is 106 Å². The van der Waals surface area contributed by atoms with E-state index in [9.17, 15) is 9.59 Å². The fourth-order valence-corrected chi connectivity index (χ4v) is 2.96. The Hall–Kier alpha value is -2.42. The van der Waals surface area contributed by atoms with Crippen LogP contribution in [0.15, 0.2) is 0 Å². The number of hydrogen-bond acceptors (Lipinski definition) is 7. The summed E-state index contributed by atoms with van der Waals surface area (Å²) >= 11 is 0. The van der Waals surface area contributed by atoms with Crippen molar-refractivity contribution >= 4 is 17.7 Å². The molecule has 0 spiro atoms. The lowest BCUT2D eigenvalue weighted by atomic mass is 10.1. The van der Waals surface area contributed by atoms with E-state index in [2.05, 4.69) is 20.6 Å². The molecule has 2 N–H and O–H groups in total. The van der Waals surface area contributed by atoms with Gasteiger partial charge in [-0.1, -0.05) is 0 Å². The molecule has 1 aromatic rings. The number of carbonyl (C=O) groups excluding carboxylic acids is 2. The first kappa shape index (κ1) is 21.9. The van der Waals surface area contributed by atoms with Crippen LogP contribution in [0.1, 0.15) is 45.0 Å². The number of rotatable bonds is 5. The van der Waals surface area contributed by atoms with Crippen molar-refractivity contribution in [3.8, 4) is 6.01 Å². The van der Waals surface area contributed by atoms with Crippen LogP contribution in [0, 0.1) is 13.8 Å². The molecule has 1 aliphatic heterocycles. The number of piperidine rings is 1. The van der Waals surface area contributed by atoms with Gasteiger partial charge in [-0.2, -0.15) is 9.97 Å². The van der Waals surface area contributed by atoms with E-state index in [4.69, 9.17) is 9.47 Å². The van der Waals surface area contributed by atoms with E-state index in [0.29, 0.717) is 17.1 Å². The first-order chi connectivity index (χ1) is 13.1. The summed E-state index contributed by atoms with van der Waals surface area (Å²) in [6.07, 6.45) is 1.29. The van der Waals surface area contributed by atoms with Gasteiger partial charge in [-0.25, -0.2) is 4.79 Å². The van der Waals surface area contributed by atoms with Crippen LogP contribution in [0.4, 0.5) is 10.5 Å². The van der Waals surface area contributed by atoms with Crippen LogP contribution in [0.25, 0.3) is 0 Å². The fraction of sp³-hybridized carbons (Fsp3) is 0.684. The molecule has 2 rings (SSSR count). The highest BCUT2D eigenvalue weighted by Gasteiger charge is 2.23. The number of aromatic nitrogens is 2. The Labute approximate surface area is 166 Å². The summed E-state index contributed by atoms with van der Waals surface area (Å²) in [5.41, 5.74) is 0.941. The van der Waals surface area contributed by atoms with E-state index in [1.54, 1.807) is 46.6 Å². The van der Waals surface area contributed by atoms with Gasteiger partial charge in [0.2, 0.25) is 0 Å². The lowest BCUT2D eigenvalue weighted by Gasteiger charge is -2.31. The first-order valence-electron chi connectivity index (χ1n) is 9.51. The van der Waals surface area contributed by atoms with Crippen LogP contribution >= 0.6 is 0 Å². The number of carbonyl (C=O) groups is 2. The predicted molar refractivity (Wildman–Crippen MR) is 106 cm³/mol. The van der Waals surface area contributed by atoms with E-state index in [1.807, 2.05) is 0 Å². The molecular weight excluding hydrogens is 362 g/mol. The number of nitrogens with one attached hydrogen (secondary N) is 2. The lowest BCUT2D eigenvalue weighted by molar-refractivity contribution is -0.134. The predicted octanol–water partition coefficient (Wildman–Crippen LogP) is 2.03. The molecule has 2 heterocycles. The molecule has 1 saturated heterocycles. The molecular formula is C19H31N5O4. The summed E-state index contributed by atoms with van der Waals surface area (Å²) in [6.45, 7) is 10.5. The Morgan fingerprint density at radius 1 is 1.18 bits per heavy atom. The zero-order valence-electron chi connectivity index (χ0n) is 17.6. The molecule has 156 valence electrons. The second-order valence-electron chi connectivity index (χ2n) is 7.95. The molecule has 1 aliphatic rings. The third kappa shape index (κ3) is 6.33. The molecule has 0 aliphatic carbocycles. The van der Waals surface area contributed by atoms with Gasteiger partial charge in [-0.3, -0.25) is 10.1 Å². The minimum absolute atomic E-state index is 0.108. The van der Waals surface area contributed by atoms with Crippen molar-refractivity contribution in [1.82, 2.24) is 20.2 Å². The lowest BCUT2D eigenvalue weighted by Crippen LogP contribution is -2.45. The van der Waals surface area contributed by atoms with E-state index < -0.39 is 11.7 Å². The molecule has 0 aromatic carbocycles. The average molecular weight is 393 g/mol. The Balaban J connectivity index is 1.96. The van der Waals surface area contributed by atoms with Gasteiger partial charge in [0.15, 0.2) is 6.61 Å². The van der Waals surface area contributed by atoms with Gasteiger partial charge in [-0.15, -0.1) is 0 Å². The minimum Gasteiger partial charge on any atom is -0.453 e. The molecule has 0 atom stereocenters. The van der Waals surface area contributed by atoms with Gasteiger partial charge in [0.1, 0.15) is 5.60 Å². The number of aryl methyl sites for hydroxylation is 2. The third-order valence-electron chi connectivity index (χ3n) is 4.45. The number of amides is 2. The maximum absolute atomic E-state index is 12.4. The number of hydrogen-bond donors (Lipinski definition) is 2. The number of nitrogens with zero attached hydrogens (tertiary/aromatic N) is 3. The van der Waals surface area contributed by atoms with Crippen molar-refractivity contribution in [1.29, 1.82) is 0 Å². The molecule has 2 amide bonds. The van der Waals surface area contributed by atoms with Crippen LogP contribution in [0.3, 0.4) is 0 Å². The smallest absolute Gasteiger partial charge is 0.412 e.